The van der Waals surface area contributed by atoms with Gasteiger partial charge in [-0.2, -0.15) is 10.2 Å². The van der Waals surface area contributed by atoms with Crippen LogP contribution in [0.2, 0.25) is 5.02 Å². The van der Waals surface area contributed by atoms with Crippen LogP contribution in [0.25, 0.3) is 0 Å². The average Bonchev–Trinajstić information content (AvgIpc) is 3.28. The zero-order valence-corrected chi connectivity index (χ0v) is 21.1. The predicted octanol–water partition coefficient (Wildman–Crippen LogP) is 5.99. The van der Waals surface area contributed by atoms with Crippen molar-refractivity contribution in [2.45, 2.75) is 65.6 Å². The number of carbonyl (C=O) groups excluding carboxylic acids is 1. The molecule has 0 saturated heterocycles. The first-order valence-electron chi connectivity index (χ1n) is 11.9. The number of amides is 1. The molecular formula is C27H34ClN5O. The van der Waals surface area contributed by atoms with Crippen molar-refractivity contribution in [2.75, 3.05) is 0 Å². The van der Waals surface area contributed by atoms with Gasteiger partial charge in [-0.3, -0.25) is 9.79 Å². The third kappa shape index (κ3) is 5.02. The van der Waals surface area contributed by atoms with Crippen molar-refractivity contribution in [3.05, 3.63) is 64.7 Å². The second-order valence-electron chi connectivity index (χ2n) is 10.7. The van der Waals surface area contributed by atoms with Crippen LogP contribution in [0.15, 0.2) is 63.8 Å². The van der Waals surface area contributed by atoms with E-state index in [-0.39, 0.29) is 28.6 Å². The lowest BCUT2D eigenvalue weighted by Gasteiger charge is -2.43. The molecule has 0 radical (unpaired) electrons. The van der Waals surface area contributed by atoms with E-state index in [0.29, 0.717) is 23.2 Å². The highest BCUT2D eigenvalue weighted by Crippen LogP contribution is 2.62. The average molecular weight is 480 g/mol. The molecule has 4 atom stereocenters. The number of hydrogen-bond acceptors (Lipinski definition) is 4. The summed E-state index contributed by atoms with van der Waals surface area (Å²) in [7, 11) is 0. The number of azo groups is 1. The number of rotatable bonds is 7. The van der Waals surface area contributed by atoms with E-state index in [9.17, 15) is 4.79 Å². The lowest BCUT2D eigenvalue weighted by Crippen LogP contribution is -2.56. The quantitative estimate of drug-likeness (QED) is 0.290. The van der Waals surface area contributed by atoms with E-state index in [0.717, 1.165) is 24.0 Å². The maximum absolute atomic E-state index is 13.5. The summed E-state index contributed by atoms with van der Waals surface area (Å²) >= 11 is 5.98. The second-order valence-corrected chi connectivity index (χ2v) is 11.1. The molecule has 4 rings (SSSR count). The first-order valence-corrected chi connectivity index (χ1v) is 12.3. The van der Waals surface area contributed by atoms with E-state index in [4.69, 9.17) is 17.3 Å². The van der Waals surface area contributed by atoms with Crippen molar-refractivity contribution in [3.63, 3.8) is 0 Å². The van der Waals surface area contributed by atoms with E-state index < -0.39 is 6.04 Å². The molecule has 2 saturated carbocycles. The molecule has 6 nitrogen and oxygen atoms in total. The highest BCUT2D eigenvalue weighted by molar-refractivity contribution is 6.30. The molecule has 2 aromatic carbocycles. The maximum Gasteiger partial charge on any atom is 0.254 e. The Kier molecular flexibility index (Phi) is 6.81. The molecule has 2 aromatic rings. The molecule has 7 heteroatoms. The molecule has 4 unspecified atom stereocenters. The van der Waals surface area contributed by atoms with Crippen LogP contribution in [0.1, 0.15) is 51.2 Å². The van der Waals surface area contributed by atoms with Gasteiger partial charge in [-0.25, -0.2) is 0 Å². The number of nitrogens with one attached hydrogen (secondary N) is 1. The van der Waals surface area contributed by atoms with Crippen molar-refractivity contribution in [1.82, 2.24) is 5.32 Å². The number of amidine groups is 1. The SMILES string of the molecule is Cc1ccc(/N=N/C(C(=O)NC2C3(C)CCC(C3)C2(C)C)/C(N)=N/Cc2ccc(Cl)cc2)cc1. The van der Waals surface area contributed by atoms with Crippen molar-refractivity contribution >= 4 is 29.0 Å². The van der Waals surface area contributed by atoms with E-state index in [1.807, 2.05) is 55.5 Å². The normalized spacial score (nSPS) is 26.7. The van der Waals surface area contributed by atoms with E-state index in [2.05, 4.69) is 41.3 Å². The summed E-state index contributed by atoms with van der Waals surface area (Å²) in [6.07, 6.45) is 3.49. The Morgan fingerprint density at radius 1 is 1.15 bits per heavy atom. The van der Waals surface area contributed by atoms with E-state index in [1.54, 1.807) is 0 Å². The van der Waals surface area contributed by atoms with Gasteiger partial charge in [0.15, 0.2) is 0 Å². The highest BCUT2D eigenvalue weighted by Gasteiger charge is 2.60. The maximum atomic E-state index is 13.5. The molecular weight excluding hydrogens is 446 g/mol. The van der Waals surface area contributed by atoms with Crippen LogP contribution >= 0.6 is 11.6 Å². The number of nitrogens with zero attached hydrogens (tertiary/aromatic N) is 3. The number of nitrogens with two attached hydrogens (primary N) is 1. The monoisotopic (exact) mass is 479 g/mol. The van der Waals surface area contributed by atoms with E-state index >= 15 is 0 Å². The van der Waals surface area contributed by atoms with Crippen LogP contribution in [0, 0.1) is 23.7 Å². The number of aryl methyl sites for hydroxylation is 1. The van der Waals surface area contributed by atoms with Crippen molar-refractivity contribution < 1.29 is 4.79 Å². The highest BCUT2D eigenvalue weighted by atomic mass is 35.5. The van der Waals surface area contributed by atoms with Gasteiger partial charge in [-0.1, -0.05) is 62.2 Å². The second kappa shape index (κ2) is 9.49. The van der Waals surface area contributed by atoms with Gasteiger partial charge in [0.2, 0.25) is 6.04 Å². The molecule has 2 fully saturated rings. The standard InChI is InChI=1S/C27H34ClN5O/c1-17-5-11-21(12-6-17)32-33-22(23(29)30-16-18-7-9-20(28)10-8-18)24(34)31-25-26(2,3)19-13-14-27(25,4)15-19/h5-12,19,22,25H,13-16H2,1-4H3,(H2,29,30)(H,31,34)/b33-32+. The van der Waals surface area contributed by atoms with Crippen molar-refractivity contribution in [2.24, 2.45) is 37.7 Å². The minimum Gasteiger partial charge on any atom is -0.385 e. The molecule has 180 valence electrons. The largest absolute Gasteiger partial charge is 0.385 e. The van der Waals surface area contributed by atoms with Gasteiger partial charge in [0.25, 0.3) is 5.91 Å². The summed E-state index contributed by atoms with van der Waals surface area (Å²) in [5.74, 6) is 0.515. The number of benzene rings is 2. The number of hydrogen-bond donors (Lipinski definition) is 2. The fourth-order valence-corrected chi connectivity index (χ4v) is 5.85. The number of halogens is 1. The smallest absolute Gasteiger partial charge is 0.254 e. The van der Waals surface area contributed by atoms with Crippen LogP contribution in [0.3, 0.4) is 0 Å². The Morgan fingerprint density at radius 2 is 1.82 bits per heavy atom. The first-order chi connectivity index (χ1) is 16.1. The van der Waals surface area contributed by atoms with Crippen molar-refractivity contribution in [1.29, 1.82) is 0 Å². The summed E-state index contributed by atoms with van der Waals surface area (Å²) in [6.45, 7) is 9.15. The lowest BCUT2D eigenvalue weighted by molar-refractivity contribution is -0.123. The Balaban J connectivity index is 1.57. The number of fused-ring (bicyclic) bond motifs is 2. The topological polar surface area (TPSA) is 92.2 Å². The molecule has 2 aliphatic carbocycles. The molecule has 1 amide bonds. The van der Waals surface area contributed by atoms with Gasteiger partial charge in [-0.15, -0.1) is 0 Å². The first kappa shape index (κ1) is 24.4. The zero-order valence-electron chi connectivity index (χ0n) is 20.4. The fourth-order valence-electron chi connectivity index (χ4n) is 5.72. The zero-order chi connectivity index (χ0) is 24.5. The summed E-state index contributed by atoms with van der Waals surface area (Å²) in [4.78, 5) is 18.0. The number of aliphatic imine (C=N–C) groups is 1. The minimum absolute atomic E-state index is 0.0243. The summed E-state index contributed by atoms with van der Waals surface area (Å²) in [5.41, 5.74) is 9.21. The summed E-state index contributed by atoms with van der Waals surface area (Å²) < 4.78 is 0. The minimum atomic E-state index is -0.993. The van der Waals surface area contributed by atoms with Gasteiger partial charge in [-0.05, 0) is 72.8 Å². The molecule has 0 heterocycles. The van der Waals surface area contributed by atoms with Crippen LogP contribution in [0.5, 0.6) is 0 Å². The molecule has 0 aliphatic heterocycles. The molecule has 0 aromatic heterocycles. The van der Waals surface area contributed by atoms with Gasteiger partial charge >= 0.3 is 0 Å². The Labute approximate surface area is 207 Å². The summed E-state index contributed by atoms with van der Waals surface area (Å²) in [5, 5.41) is 12.6. The Hall–Kier alpha value is -2.73. The van der Waals surface area contributed by atoms with Crippen LogP contribution < -0.4 is 11.1 Å². The lowest BCUT2D eigenvalue weighted by atomic mass is 9.68. The molecule has 2 aliphatic rings. The van der Waals surface area contributed by atoms with Gasteiger partial charge in [0.1, 0.15) is 5.84 Å². The van der Waals surface area contributed by atoms with E-state index in [1.165, 1.54) is 6.42 Å². The predicted molar refractivity (Wildman–Crippen MR) is 137 cm³/mol. The Morgan fingerprint density at radius 3 is 2.44 bits per heavy atom. The molecule has 2 bridgehead atoms. The molecule has 0 spiro atoms. The third-order valence-electron chi connectivity index (χ3n) is 7.76. The van der Waals surface area contributed by atoms with Gasteiger partial charge in [0.05, 0.1) is 12.2 Å². The fraction of sp³-hybridized carbons (Fsp3) is 0.481. The van der Waals surface area contributed by atoms with Gasteiger partial charge < -0.3 is 11.1 Å². The summed E-state index contributed by atoms with van der Waals surface area (Å²) in [6, 6.07) is 14.1. The van der Waals surface area contributed by atoms with Crippen molar-refractivity contribution in [3.8, 4) is 0 Å². The molecule has 34 heavy (non-hydrogen) atoms. The Bertz CT molecular complexity index is 1090. The number of carbonyl (C=O) groups is 1. The third-order valence-corrected chi connectivity index (χ3v) is 8.02. The van der Waals surface area contributed by atoms with Gasteiger partial charge in [0, 0.05) is 11.1 Å². The van der Waals surface area contributed by atoms with Crippen LogP contribution in [0.4, 0.5) is 5.69 Å². The van der Waals surface area contributed by atoms with Crippen LogP contribution in [-0.2, 0) is 11.3 Å². The molecule has 3 N–H and O–H groups in total. The van der Waals surface area contributed by atoms with Crippen LogP contribution in [-0.4, -0.2) is 23.8 Å².